The number of benzene rings is 1. The van der Waals surface area contributed by atoms with Crippen LogP contribution in [-0.4, -0.2) is 43.2 Å². The van der Waals surface area contributed by atoms with Crippen LogP contribution in [0.25, 0.3) is 0 Å². The topological polar surface area (TPSA) is 38.8 Å². The number of hydrogen-bond donors (Lipinski definition) is 0. The highest BCUT2D eigenvalue weighted by atomic mass is 16.5. The predicted octanol–water partition coefficient (Wildman–Crippen LogP) is 2.34. The molecule has 0 bridgehead atoms. The van der Waals surface area contributed by atoms with Gasteiger partial charge in [-0.1, -0.05) is 25.1 Å². The van der Waals surface area contributed by atoms with Crippen LogP contribution in [0.5, 0.6) is 5.75 Å². The van der Waals surface area contributed by atoms with E-state index in [1.807, 2.05) is 49.1 Å². The van der Waals surface area contributed by atoms with Crippen LogP contribution in [0, 0.1) is 5.92 Å². The van der Waals surface area contributed by atoms with Gasteiger partial charge in [0.1, 0.15) is 5.75 Å². The minimum atomic E-state index is -0.0146. The number of para-hydroxylation sites is 1. The fraction of sp³-hybridized carbons (Fsp3) is 0.562. The third-order valence-corrected chi connectivity index (χ3v) is 3.64. The Hall–Kier alpha value is -1.55. The summed E-state index contributed by atoms with van der Waals surface area (Å²) in [6.45, 7) is 6.55. The summed E-state index contributed by atoms with van der Waals surface area (Å²) >= 11 is 0. The lowest BCUT2D eigenvalue weighted by Gasteiger charge is -2.35. The first-order valence-electron chi connectivity index (χ1n) is 7.24. The Balaban J connectivity index is 1.76. The second-order valence-corrected chi connectivity index (χ2v) is 5.31. The van der Waals surface area contributed by atoms with Gasteiger partial charge in [-0.2, -0.15) is 0 Å². The summed E-state index contributed by atoms with van der Waals surface area (Å²) in [4.78, 5) is 14.3. The van der Waals surface area contributed by atoms with E-state index in [9.17, 15) is 4.79 Å². The Bertz CT molecular complexity index is 421. The highest BCUT2D eigenvalue weighted by Gasteiger charge is 2.27. The summed E-state index contributed by atoms with van der Waals surface area (Å²) in [6, 6.07) is 9.87. The van der Waals surface area contributed by atoms with Crippen LogP contribution in [-0.2, 0) is 9.53 Å². The molecule has 1 fully saturated rings. The molecule has 0 saturated carbocycles. The maximum atomic E-state index is 12.4. The molecule has 1 amide bonds. The van der Waals surface area contributed by atoms with Crippen molar-refractivity contribution in [3.63, 3.8) is 0 Å². The Morgan fingerprint density at radius 3 is 2.90 bits per heavy atom. The summed E-state index contributed by atoms with van der Waals surface area (Å²) in [7, 11) is 0. The van der Waals surface area contributed by atoms with E-state index in [-0.39, 0.29) is 17.9 Å². The fourth-order valence-electron chi connectivity index (χ4n) is 2.33. The van der Waals surface area contributed by atoms with Crippen molar-refractivity contribution in [2.24, 2.45) is 5.92 Å². The van der Waals surface area contributed by atoms with Crippen molar-refractivity contribution < 1.29 is 14.3 Å². The van der Waals surface area contributed by atoms with Crippen molar-refractivity contribution in [2.45, 2.75) is 26.3 Å². The summed E-state index contributed by atoms with van der Waals surface area (Å²) in [5.41, 5.74) is 0. The maximum absolute atomic E-state index is 12.4. The summed E-state index contributed by atoms with van der Waals surface area (Å²) < 4.78 is 11.0. The molecule has 2 unspecified atom stereocenters. The van der Waals surface area contributed by atoms with Gasteiger partial charge in [0, 0.05) is 12.5 Å². The second-order valence-electron chi connectivity index (χ2n) is 5.31. The SMILES string of the molecule is CC(CCOc1ccccc1)C(=O)N1CCOCC1C. The molecule has 1 aromatic rings. The molecule has 0 aromatic heterocycles. The Labute approximate surface area is 120 Å². The van der Waals surface area contributed by atoms with Gasteiger partial charge in [-0.15, -0.1) is 0 Å². The molecule has 1 aromatic carbocycles. The van der Waals surface area contributed by atoms with Crippen LogP contribution in [0.2, 0.25) is 0 Å². The monoisotopic (exact) mass is 277 g/mol. The average Bonchev–Trinajstić information content (AvgIpc) is 2.48. The Kier molecular flexibility index (Phi) is 5.41. The van der Waals surface area contributed by atoms with Crippen LogP contribution in [0.1, 0.15) is 20.3 Å². The van der Waals surface area contributed by atoms with Crippen molar-refractivity contribution in [1.82, 2.24) is 4.90 Å². The second kappa shape index (κ2) is 7.29. The van der Waals surface area contributed by atoms with Crippen LogP contribution in [0.15, 0.2) is 30.3 Å². The molecule has 1 aliphatic rings. The number of hydrogen-bond acceptors (Lipinski definition) is 3. The zero-order valence-electron chi connectivity index (χ0n) is 12.2. The van der Waals surface area contributed by atoms with Gasteiger partial charge in [0.05, 0.1) is 25.9 Å². The quantitative estimate of drug-likeness (QED) is 0.829. The Morgan fingerprint density at radius 2 is 2.20 bits per heavy atom. The normalized spacial score (nSPS) is 20.5. The third-order valence-electron chi connectivity index (χ3n) is 3.64. The summed E-state index contributed by atoms with van der Waals surface area (Å²) in [5, 5.41) is 0. The van der Waals surface area contributed by atoms with Crippen LogP contribution < -0.4 is 4.74 Å². The zero-order valence-corrected chi connectivity index (χ0v) is 12.2. The number of carbonyl (C=O) groups is 1. The van der Waals surface area contributed by atoms with E-state index in [0.717, 1.165) is 12.2 Å². The van der Waals surface area contributed by atoms with Gasteiger partial charge in [0.15, 0.2) is 0 Å². The lowest BCUT2D eigenvalue weighted by molar-refractivity contribution is -0.143. The molecule has 4 nitrogen and oxygen atoms in total. The van der Waals surface area contributed by atoms with E-state index in [1.54, 1.807) is 0 Å². The van der Waals surface area contributed by atoms with Crippen molar-refractivity contribution >= 4 is 5.91 Å². The maximum Gasteiger partial charge on any atom is 0.225 e. The molecule has 110 valence electrons. The van der Waals surface area contributed by atoms with Crippen molar-refractivity contribution in [1.29, 1.82) is 0 Å². The number of amides is 1. The van der Waals surface area contributed by atoms with E-state index in [2.05, 4.69) is 0 Å². The molecule has 4 heteroatoms. The minimum Gasteiger partial charge on any atom is -0.494 e. The summed E-state index contributed by atoms with van der Waals surface area (Å²) in [6.07, 6.45) is 0.734. The van der Waals surface area contributed by atoms with Gasteiger partial charge in [-0.25, -0.2) is 0 Å². The molecular formula is C16H23NO3. The van der Waals surface area contributed by atoms with Crippen LogP contribution >= 0.6 is 0 Å². The molecule has 0 N–H and O–H groups in total. The molecule has 0 spiro atoms. The van der Waals surface area contributed by atoms with Crippen molar-refractivity contribution in [3.8, 4) is 5.75 Å². The number of rotatable bonds is 5. The molecule has 1 aliphatic heterocycles. The highest BCUT2D eigenvalue weighted by Crippen LogP contribution is 2.15. The molecule has 2 atom stereocenters. The molecule has 0 radical (unpaired) electrons. The molecule has 1 saturated heterocycles. The van der Waals surface area contributed by atoms with E-state index in [1.165, 1.54) is 0 Å². The van der Waals surface area contributed by atoms with Crippen molar-refractivity contribution in [3.05, 3.63) is 30.3 Å². The number of nitrogens with zero attached hydrogens (tertiary/aromatic N) is 1. The number of morpholine rings is 1. The summed E-state index contributed by atoms with van der Waals surface area (Å²) in [5.74, 6) is 1.05. The Morgan fingerprint density at radius 1 is 1.45 bits per heavy atom. The molecular weight excluding hydrogens is 254 g/mol. The van der Waals surface area contributed by atoms with Gasteiger partial charge < -0.3 is 14.4 Å². The van der Waals surface area contributed by atoms with Gasteiger partial charge in [-0.3, -0.25) is 4.79 Å². The minimum absolute atomic E-state index is 0.0146. The van der Waals surface area contributed by atoms with Gasteiger partial charge in [-0.05, 0) is 25.5 Å². The molecule has 2 rings (SSSR count). The third kappa shape index (κ3) is 3.97. The molecule has 20 heavy (non-hydrogen) atoms. The molecule has 0 aliphatic carbocycles. The average molecular weight is 277 g/mol. The van der Waals surface area contributed by atoms with Crippen molar-refractivity contribution in [2.75, 3.05) is 26.4 Å². The smallest absolute Gasteiger partial charge is 0.225 e. The van der Waals surface area contributed by atoms with Crippen LogP contribution in [0.3, 0.4) is 0 Å². The lowest BCUT2D eigenvalue weighted by Crippen LogP contribution is -2.49. The van der Waals surface area contributed by atoms with E-state index >= 15 is 0 Å². The largest absolute Gasteiger partial charge is 0.494 e. The predicted molar refractivity (Wildman–Crippen MR) is 77.7 cm³/mol. The fourth-order valence-corrected chi connectivity index (χ4v) is 2.33. The highest BCUT2D eigenvalue weighted by molar-refractivity contribution is 5.78. The van der Waals surface area contributed by atoms with Gasteiger partial charge in [0.25, 0.3) is 0 Å². The number of carbonyl (C=O) groups excluding carboxylic acids is 1. The van der Waals surface area contributed by atoms with E-state index < -0.39 is 0 Å². The first-order chi connectivity index (χ1) is 9.68. The standard InChI is InChI=1S/C16H23NO3/c1-13(8-10-20-15-6-4-3-5-7-15)16(18)17-9-11-19-12-14(17)2/h3-7,13-14H,8-12H2,1-2H3. The van der Waals surface area contributed by atoms with Gasteiger partial charge >= 0.3 is 0 Å². The number of ether oxygens (including phenoxy) is 2. The van der Waals surface area contributed by atoms with E-state index in [4.69, 9.17) is 9.47 Å². The molecule has 1 heterocycles. The first kappa shape index (κ1) is 14.9. The zero-order chi connectivity index (χ0) is 14.4. The van der Waals surface area contributed by atoms with Gasteiger partial charge in [0.2, 0.25) is 5.91 Å². The lowest BCUT2D eigenvalue weighted by atomic mass is 10.1. The van der Waals surface area contributed by atoms with Crippen LogP contribution in [0.4, 0.5) is 0 Å². The first-order valence-corrected chi connectivity index (χ1v) is 7.24. The van der Waals surface area contributed by atoms with E-state index in [0.29, 0.717) is 26.4 Å².